The van der Waals surface area contributed by atoms with E-state index in [0.717, 1.165) is 18.4 Å². The molecule has 0 rings (SSSR count). The summed E-state index contributed by atoms with van der Waals surface area (Å²) >= 11 is 0. The molecule has 0 N–H and O–H groups in total. The summed E-state index contributed by atoms with van der Waals surface area (Å²) in [5, 5.41) is 1.28. The Morgan fingerprint density at radius 2 is 1.72 bits per heavy atom. The van der Waals surface area contributed by atoms with Crippen LogP contribution in [0.1, 0.15) is 40.5 Å². The summed E-state index contributed by atoms with van der Waals surface area (Å²) in [6.07, 6.45) is 7.37. The molecule has 3 heteroatoms. The minimum atomic E-state index is -3.15. The normalized spacial score (nSPS) is 13.3. The largest absolute Gasteiger partial charge is 0.224 e. The number of allylic oxidation sites excluding steroid dienone is 5. The van der Waals surface area contributed by atoms with E-state index < -0.39 is 9.84 Å². The Morgan fingerprint density at radius 3 is 2.22 bits per heavy atom. The van der Waals surface area contributed by atoms with Crippen LogP contribution in [0.4, 0.5) is 0 Å². The Labute approximate surface area is 112 Å². The third-order valence-corrected chi connectivity index (χ3v) is 3.80. The molecular weight excluding hydrogens is 244 g/mol. The Morgan fingerprint density at radius 1 is 1.11 bits per heavy atom. The molecule has 0 aliphatic rings. The predicted molar refractivity (Wildman–Crippen MR) is 80.2 cm³/mol. The molecule has 0 aromatic rings. The molecule has 0 aliphatic heterocycles. The summed E-state index contributed by atoms with van der Waals surface area (Å²) in [5.74, 6) is 0.0683. The summed E-state index contributed by atoms with van der Waals surface area (Å²) in [5.41, 5.74) is 3.08. The van der Waals surface area contributed by atoms with Crippen LogP contribution in [0.15, 0.2) is 46.9 Å². The first-order valence-corrected chi connectivity index (χ1v) is 7.81. The molecule has 0 fully saturated rings. The summed E-state index contributed by atoms with van der Waals surface area (Å²) in [4.78, 5) is 0. The minimum Gasteiger partial charge on any atom is -0.224 e. The molecule has 0 radical (unpaired) electrons. The van der Waals surface area contributed by atoms with E-state index in [2.05, 4.69) is 26.5 Å². The highest BCUT2D eigenvalue weighted by atomic mass is 32.2. The van der Waals surface area contributed by atoms with Gasteiger partial charge in [0.25, 0.3) is 0 Å². The van der Waals surface area contributed by atoms with Crippen molar-refractivity contribution in [1.29, 1.82) is 0 Å². The zero-order valence-electron chi connectivity index (χ0n) is 11.9. The molecule has 0 aromatic carbocycles. The van der Waals surface area contributed by atoms with E-state index in [1.165, 1.54) is 11.0 Å². The maximum absolute atomic E-state index is 11.7. The fourth-order valence-corrected chi connectivity index (χ4v) is 2.60. The van der Waals surface area contributed by atoms with Gasteiger partial charge in [-0.15, -0.1) is 0 Å². The first kappa shape index (κ1) is 16.9. The Kier molecular flexibility index (Phi) is 7.60. The van der Waals surface area contributed by atoms with Crippen molar-refractivity contribution in [3.05, 3.63) is 46.9 Å². The van der Waals surface area contributed by atoms with Crippen LogP contribution >= 0.6 is 0 Å². The van der Waals surface area contributed by atoms with Crippen LogP contribution in [0.5, 0.6) is 0 Å². The van der Waals surface area contributed by atoms with Gasteiger partial charge in [-0.05, 0) is 46.1 Å². The van der Waals surface area contributed by atoms with E-state index in [9.17, 15) is 8.42 Å². The number of rotatable bonds is 7. The van der Waals surface area contributed by atoms with Crippen molar-refractivity contribution in [2.75, 3.05) is 5.75 Å². The van der Waals surface area contributed by atoms with E-state index in [1.54, 1.807) is 19.1 Å². The third kappa shape index (κ3) is 8.99. The van der Waals surface area contributed by atoms with E-state index >= 15 is 0 Å². The molecule has 102 valence electrons. The zero-order chi connectivity index (χ0) is 14.2. The van der Waals surface area contributed by atoms with Crippen LogP contribution in [0.3, 0.4) is 0 Å². The van der Waals surface area contributed by atoms with Gasteiger partial charge in [0.2, 0.25) is 0 Å². The van der Waals surface area contributed by atoms with Gasteiger partial charge in [-0.1, -0.05) is 36.0 Å². The quantitative estimate of drug-likeness (QED) is 0.512. The highest BCUT2D eigenvalue weighted by Gasteiger charge is 2.04. The van der Waals surface area contributed by atoms with Crippen molar-refractivity contribution < 1.29 is 8.42 Å². The van der Waals surface area contributed by atoms with Crippen molar-refractivity contribution in [1.82, 2.24) is 0 Å². The van der Waals surface area contributed by atoms with Crippen LogP contribution < -0.4 is 0 Å². The van der Waals surface area contributed by atoms with Crippen molar-refractivity contribution >= 4 is 9.84 Å². The Balaban J connectivity index is 4.46. The van der Waals surface area contributed by atoms with Crippen LogP contribution in [-0.4, -0.2) is 14.2 Å². The van der Waals surface area contributed by atoms with Gasteiger partial charge in [0.1, 0.15) is 0 Å². The summed E-state index contributed by atoms with van der Waals surface area (Å²) in [6, 6.07) is 0. The lowest BCUT2D eigenvalue weighted by atomic mass is 10.1. The van der Waals surface area contributed by atoms with Gasteiger partial charge in [0.05, 0.1) is 5.75 Å². The van der Waals surface area contributed by atoms with Crippen LogP contribution in [-0.2, 0) is 9.84 Å². The van der Waals surface area contributed by atoms with Gasteiger partial charge in [0.15, 0.2) is 9.84 Å². The lowest BCUT2D eigenvalue weighted by Crippen LogP contribution is -2.00. The van der Waals surface area contributed by atoms with Crippen LogP contribution in [0.25, 0.3) is 0 Å². The monoisotopic (exact) mass is 268 g/mol. The zero-order valence-corrected chi connectivity index (χ0v) is 12.7. The maximum Gasteiger partial charge on any atom is 0.175 e. The molecule has 0 atom stereocenters. The number of hydrogen-bond acceptors (Lipinski definition) is 2. The second-order valence-electron chi connectivity index (χ2n) is 4.77. The van der Waals surface area contributed by atoms with Crippen molar-refractivity contribution in [3.8, 4) is 0 Å². The third-order valence-electron chi connectivity index (χ3n) is 2.44. The average molecular weight is 268 g/mol. The van der Waals surface area contributed by atoms with E-state index in [-0.39, 0.29) is 5.75 Å². The highest BCUT2D eigenvalue weighted by Crippen LogP contribution is 2.08. The van der Waals surface area contributed by atoms with Crippen LogP contribution in [0.2, 0.25) is 0 Å². The SMILES string of the molecule is C=CC(C)=CS(=O)(=O)CC=C(C)CCC=C(C)C. The molecule has 0 saturated carbocycles. The molecule has 0 amide bonds. The van der Waals surface area contributed by atoms with Gasteiger partial charge in [-0.3, -0.25) is 0 Å². The molecule has 0 unspecified atom stereocenters. The highest BCUT2D eigenvalue weighted by molar-refractivity contribution is 7.94. The molecule has 0 bridgehead atoms. The summed E-state index contributed by atoms with van der Waals surface area (Å²) in [6.45, 7) is 11.4. The van der Waals surface area contributed by atoms with Gasteiger partial charge in [0, 0.05) is 5.41 Å². The molecule has 0 spiro atoms. The molecule has 2 nitrogen and oxygen atoms in total. The Hall–Kier alpha value is -1.09. The average Bonchev–Trinajstić information content (AvgIpc) is 2.25. The molecule has 0 saturated heterocycles. The van der Waals surface area contributed by atoms with Crippen LogP contribution in [0, 0.1) is 0 Å². The second-order valence-corrected chi connectivity index (χ2v) is 6.66. The first-order valence-electron chi connectivity index (χ1n) is 6.09. The molecule has 0 heterocycles. The first-order chi connectivity index (χ1) is 8.26. The fourth-order valence-electron chi connectivity index (χ4n) is 1.33. The smallest absolute Gasteiger partial charge is 0.175 e. The number of sulfone groups is 1. The molecule has 18 heavy (non-hydrogen) atoms. The predicted octanol–water partition coefficient (Wildman–Crippen LogP) is 4.18. The second kappa shape index (κ2) is 8.09. The lowest BCUT2D eigenvalue weighted by molar-refractivity contribution is 0.607. The topological polar surface area (TPSA) is 34.1 Å². The molecule has 0 aliphatic carbocycles. The maximum atomic E-state index is 11.7. The van der Waals surface area contributed by atoms with E-state index in [4.69, 9.17) is 0 Å². The van der Waals surface area contributed by atoms with Crippen molar-refractivity contribution in [2.45, 2.75) is 40.5 Å². The van der Waals surface area contributed by atoms with Gasteiger partial charge in [-0.25, -0.2) is 8.42 Å². The van der Waals surface area contributed by atoms with Crippen molar-refractivity contribution in [2.24, 2.45) is 0 Å². The summed E-state index contributed by atoms with van der Waals surface area (Å²) < 4.78 is 23.4. The minimum absolute atomic E-state index is 0.0683. The van der Waals surface area contributed by atoms with Crippen molar-refractivity contribution in [3.63, 3.8) is 0 Å². The van der Waals surface area contributed by atoms with Gasteiger partial charge >= 0.3 is 0 Å². The molecular formula is C15H24O2S. The van der Waals surface area contributed by atoms with Gasteiger partial charge in [-0.2, -0.15) is 0 Å². The lowest BCUT2D eigenvalue weighted by Gasteiger charge is -2.00. The fraction of sp³-hybridized carbons (Fsp3) is 0.467. The number of hydrogen-bond donors (Lipinski definition) is 0. The van der Waals surface area contributed by atoms with E-state index in [1.807, 2.05) is 6.92 Å². The summed E-state index contributed by atoms with van der Waals surface area (Å²) in [7, 11) is -3.15. The Bertz CT molecular complexity index is 459. The molecule has 0 aromatic heterocycles. The van der Waals surface area contributed by atoms with Gasteiger partial charge < -0.3 is 0 Å². The standard InChI is InChI=1S/C15H24O2S/c1-6-14(4)12-18(16,17)11-10-15(5)9-7-8-13(2)3/h6,8,10,12H,1,7,9,11H2,2-5H3. The van der Waals surface area contributed by atoms with E-state index in [0.29, 0.717) is 5.57 Å².